The Bertz CT molecular complexity index is 337. The second-order valence-corrected chi connectivity index (χ2v) is 3.59. The number of carbonyl (C=O) groups is 1. The number of aliphatic hydroxyl groups excluding tert-OH is 1. The molecule has 1 aromatic carbocycles. The first kappa shape index (κ1) is 11.5. The van der Waals surface area contributed by atoms with E-state index in [0.717, 1.165) is 5.69 Å². The lowest BCUT2D eigenvalue weighted by Crippen LogP contribution is -2.16. The fourth-order valence-corrected chi connectivity index (χ4v) is 1.22. The van der Waals surface area contributed by atoms with Gasteiger partial charge in [-0.15, -0.1) is 0 Å². The summed E-state index contributed by atoms with van der Waals surface area (Å²) in [4.78, 5) is 10.9. The van der Waals surface area contributed by atoms with Gasteiger partial charge in [0.15, 0.2) is 0 Å². The third kappa shape index (κ3) is 3.99. The number of benzene rings is 1. The number of anilines is 2. The molecule has 0 spiro atoms. The van der Waals surface area contributed by atoms with Crippen LogP contribution in [0.15, 0.2) is 24.3 Å². The highest BCUT2D eigenvalue weighted by atomic mass is 16.3. The molecule has 1 amide bonds. The number of amides is 1. The molecule has 1 aromatic rings. The summed E-state index contributed by atoms with van der Waals surface area (Å²) in [6.07, 6.45) is 0. The topological polar surface area (TPSA) is 61.4 Å². The normalized spacial score (nSPS) is 10.1. The van der Waals surface area contributed by atoms with Crippen molar-refractivity contribution in [1.82, 2.24) is 0 Å². The van der Waals surface area contributed by atoms with E-state index in [9.17, 15) is 4.79 Å². The van der Waals surface area contributed by atoms with E-state index in [-0.39, 0.29) is 0 Å². The molecule has 4 nitrogen and oxygen atoms in total. The van der Waals surface area contributed by atoms with Crippen LogP contribution in [0.4, 0.5) is 11.4 Å². The monoisotopic (exact) mass is 208 g/mol. The van der Waals surface area contributed by atoms with Gasteiger partial charge in [0, 0.05) is 17.4 Å². The average molecular weight is 208 g/mol. The number of hydrogen-bond acceptors (Lipinski definition) is 3. The van der Waals surface area contributed by atoms with Gasteiger partial charge in [-0.2, -0.15) is 0 Å². The third-order valence-electron chi connectivity index (χ3n) is 1.75. The summed E-state index contributed by atoms with van der Waals surface area (Å²) in [5.74, 6) is -0.406. The fraction of sp³-hybridized carbons (Fsp3) is 0.364. The van der Waals surface area contributed by atoms with Gasteiger partial charge in [0.25, 0.3) is 0 Å². The molecule has 0 unspecified atom stereocenters. The summed E-state index contributed by atoms with van der Waals surface area (Å²) in [5, 5.41) is 14.4. The summed E-state index contributed by atoms with van der Waals surface area (Å²) >= 11 is 0. The van der Waals surface area contributed by atoms with Gasteiger partial charge < -0.3 is 15.7 Å². The SMILES string of the molecule is CC(C)Nc1cccc(NC(=O)CO)c1. The van der Waals surface area contributed by atoms with E-state index in [4.69, 9.17) is 5.11 Å². The Balaban J connectivity index is 2.69. The van der Waals surface area contributed by atoms with Gasteiger partial charge in [-0.1, -0.05) is 6.07 Å². The van der Waals surface area contributed by atoms with Crippen LogP contribution >= 0.6 is 0 Å². The zero-order chi connectivity index (χ0) is 11.3. The molecular weight excluding hydrogens is 192 g/mol. The van der Waals surface area contributed by atoms with Gasteiger partial charge in [0.1, 0.15) is 6.61 Å². The number of hydrogen-bond donors (Lipinski definition) is 3. The highest BCUT2D eigenvalue weighted by Crippen LogP contribution is 2.15. The predicted molar refractivity (Wildman–Crippen MR) is 60.9 cm³/mol. The minimum atomic E-state index is -0.498. The molecule has 0 atom stereocenters. The largest absolute Gasteiger partial charge is 0.387 e. The Hall–Kier alpha value is -1.55. The van der Waals surface area contributed by atoms with Crippen LogP contribution in [-0.4, -0.2) is 23.7 Å². The highest BCUT2D eigenvalue weighted by molar-refractivity contribution is 5.91. The molecule has 0 saturated heterocycles. The minimum Gasteiger partial charge on any atom is -0.387 e. The Morgan fingerprint density at radius 3 is 2.67 bits per heavy atom. The summed E-state index contributed by atoms with van der Waals surface area (Å²) < 4.78 is 0. The maximum atomic E-state index is 10.9. The van der Waals surface area contributed by atoms with Gasteiger partial charge in [-0.05, 0) is 32.0 Å². The number of rotatable bonds is 4. The van der Waals surface area contributed by atoms with E-state index in [1.54, 1.807) is 6.07 Å². The van der Waals surface area contributed by atoms with E-state index in [0.29, 0.717) is 11.7 Å². The third-order valence-corrected chi connectivity index (χ3v) is 1.75. The van der Waals surface area contributed by atoms with Gasteiger partial charge in [0.05, 0.1) is 0 Å². The van der Waals surface area contributed by atoms with Gasteiger partial charge in [-0.3, -0.25) is 4.79 Å². The van der Waals surface area contributed by atoms with Crippen molar-refractivity contribution in [3.05, 3.63) is 24.3 Å². The summed E-state index contributed by atoms with van der Waals surface area (Å²) in [7, 11) is 0. The van der Waals surface area contributed by atoms with E-state index in [1.807, 2.05) is 32.0 Å². The van der Waals surface area contributed by atoms with Crippen LogP contribution in [0.5, 0.6) is 0 Å². The molecular formula is C11H16N2O2. The number of nitrogens with one attached hydrogen (secondary N) is 2. The van der Waals surface area contributed by atoms with Crippen LogP contribution in [-0.2, 0) is 4.79 Å². The first-order chi connectivity index (χ1) is 7.11. The van der Waals surface area contributed by atoms with Crippen molar-refractivity contribution < 1.29 is 9.90 Å². The molecule has 4 heteroatoms. The summed E-state index contributed by atoms with van der Waals surface area (Å²) in [5.41, 5.74) is 1.63. The smallest absolute Gasteiger partial charge is 0.250 e. The molecule has 0 radical (unpaired) electrons. The average Bonchev–Trinajstić information content (AvgIpc) is 2.17. The molecule has 0 aliphatic carbocycles. The minimum absolute atomic E-state index is 0.341. The van der Waals surface area contributed by atoms with Gasteiger partial charge in [0.2, 0.25) is 5.91 Å². The molecule has 0 fully saturated rings. The van der Waals surface area contributed by atoms with Crippen molar-refractivity contribution in [3.63, 3.8) is 0 Å². The molecule has 15 heavy (non-hydrogen) atoms. The lowest BCUT2D eigenvalue weighted by molar-refractivity contribution is -0.118. The first-order valence-electron chi connectivity index (χ1n) is 4.89. The van der Waals surface area contributed by atoms with E-state index in [1.165, 1.54) is 0 Å². The van der Waals surface area contributed by atoms with Crippen molar-refractivity contribution in [3.8, 4) is 0 Å². The van der Waals surface area contributed by atoms with Crippen LogP contribution in [0.25, 0.3) is 0 Å². The molecule has 1 rings (SSSR count). The van der Waals surface area contributed by atoms with E-state index >= 15 is 0 Å². The van der Waals surface area contributed by atoms with Crippen LogP contribution in [0.2, 0.25) is 0 Å². The zero-order valence-electron chi connectivity index (χ0n) is 8.95. The molecule has 0 saturated carbocycles. The van der Waals surface area contributed by atoms with Crippen LogP contribution < -0.4 is 10.6 Å². The van der Waals surface area contributed by atoms with E-state index < -0.39 is 12.5 Å². The van der Waals surface area contributed by atoms with E-state index in [2.05, 4.69) is 10.6 Å². The lowest BCUT2D eigenvalue weighted by Gasteiger charge is -2.11. The predicted octanol–water partition coefficient (Wildman–Crippen LogP) is 1.44. The quantitative estimate of drug-likeness (QED) is 0.701. The maximum Gasteiger partial charge on any atom is 0.250 e. The van der Waals surface area contributed by atoms with Crippen molar-refractivity contribution >= 4 is 17.3 Å². The standard InChI is InChI=1S/C11H16N2O2/c1-8(2)12-9-4-3-5-10(6-9)13-11(15)7-14/h3-6,8,12,14H,7H2,1-2H3,(H,13,15). The molecule has 0 heterocycles. The van der Waals surface area contributed by atoms with Crippen molar-refractivity contribution in [1.29, 1.82) is 0 Å². The number of aliphatic hydroxyl groups is 1. The van der Waals surface area contributed by atoms with Crippen molar-refractivity contribution in [2.45, 2.75) is 19.9 Å². The lowest BCUT2D eigenvalue weighted by atomic mass is 10.2. The molecule has 82 valence electrons. The highest BCUT2D eigenvalue weighted by Gasteiger charge is 2.01. The first-order valence-corrected chi connectivity index (χ1v) is 4.89. The Morgan fingerprint density at radius 2 is 2.07 bits per heavy atom. The van der Waals surface area contributed by atoms with Crippen LogP contribution in [0.1, 0.15) is 13.8 Å². The maximum absolute atomic E-state index is 10.9. The zero-order valence-corrected chi connectivity index (χ0v) is 8.95. The van der Waals surface area contributed by atoms with Crippen molar-refractivity contribution in [2.75, 3.05) is 17.2 Å². The Kier molecular flexibility index (Phi) is 4.12. The van der Waals surface area contributed by atoms with Crippen LogP contribution in [0.3, 0.4) is 0 Å². The number of carbonyl (C=O) groups excluding carboxylic acids is 1. The molecule has 0 aliphatic rings. The molecule has 0 aliphatic heterocycles. The summed E-state index contributed by atoms with van der Waals surface area (Å²) in [6.45, 7) is 3.58. The second kappa shape index (κ2) is 5.36. The molecule has 0 aromatic heterocycles. The van der Waals surface area contributed by atoms with Gasteiger partial charge in [-0.25, -0.2) is 0 Å². The van der Waals surface area contributed by atoms with Crippen LogP contribution in [0, 0.1) is 0 Å². The fourth-order valence-electron chi connectivity index (χ4n) is 1.22. The Morgan fingerprint density at radius 1 is 1.40 bits per heavy atom. The van der Waals surface area contributed by atoms with Crippen molar-refractivity contribution in [2.24, 2.45) is 0 Å². The Labute approximate surface area is 89.3 Å². The second-order valence-electron chi connectivity index (χ2n) is 3.59. The molecule has 0 bridgehead atoms. The molecule has 3 N–H and O–H groups in total. The van der Waals surface area contributed by atoms with Gasteiger partial charge >= 0.3 is 0 Å². The summed E-state index contributed by atoms with van der Waals surface area (Å²) in [6, 6.07) is 7.72.